The Hall–Kier alpha value is -1.57. The van der Waals surface area contributed by atoms with Crippen LogP contribution in [0.5, 0.6) is 0 Å². The smallest absolute Gasteiger partial charge is 0.230 e. The van der Waals surface area contributed by atoms with E-state index in [2.05, 4.69) is 15.5 Å². The summed E-state index contributed by atoms with van der Waals surface area (Å²) in [5.74, 6) is 0.938. The van der Waals surface area contributed by atoms with Crippen molar-refractivity contribution in [3.05, 3.63) is 29.3 Å². The van der Waals surface area contributed by atoms with Gasteiger partial charge in [0.25, 0.3) is 0 Å². The summed E-state index contributed by atoms with van der Waals surface area (Å²) in [6.07, 6.45) is 0.819. The number of amides is 1. The van der Waals surface area contributed by atoms with Crippen molar-refractivity contribution in [3.63, 3.8) is 0 Å². The van der Waals surface area contributed by atoms with Crippen molar-refractivity contribution >= 4 is 29.3 Å². The van der Waals surface area contributed by atoms with Crippen molar-refractivity contribution in [2.75, 3.05) is 26.5 Å². The number of ether oxygens (including phenoxy) is 1. The lowest BCUT2D eigenvalue weighted by molar-refractivity contribution is -0.118. The first-order valence-electron chi connectivity index (χ1n) is 7.17. The lowest BCUT2D eigenvalue weighted by Crippen LogP contribution is -2.20. The minimum absolute atomic E-state index is 0.0549. The SMILES string of the molecule is CNC(=O)CSc1nnc(-c2ccccc2Cl)n1CCCOC. The van der Waals surface area contributed by atoms with Gasteiger partial charge in [-0.25, -0.2) is 0 Å². The second kappa shape index (κ2) is 8.90. The number of methoxy groups -OCH3 is 1. The molecule has 0 atom stereocenters. The molecule has 0 radical (unpaired) electrons. The molecule has 1 aromatic heterocycles. The third-order valence-corrected chi connectivity index (χ3v) is 4.47. The Balaban J connectivity index is 2.28. The van der Waals surface area contributed by atoms with Crippen LogP contribution in [0.1, 0.15) is 6.42 Å². The lowest BCUT2D eigenvalue weighted by atomic mass is 10.2. The van der Waals surface area contributed by atoms with E-state index in [1.54, 1.807) is 14.2 Å². The molecule has 8 heteroatoms. The second-order valence-electron chi connectivity index (χ2n) is 4.75. The van der Waals surface area contributed by atoms with E-state index in [1.807, 2.05) is 28.8 Å². The normalized spacial score (nSPS) is 10.7. The Bertz CT molecular complexity index is 663. The number of nitrogens with zero attached hydrogens (tertiary/aromatic N) is 3. The number of nitrogens with one attached hydrogen (secondary N) is 1. The zero-order valence-corrected chi connectivity index (χ0v) is 14.7. The molecule has 124 valence electrons. The molecule has 0 unspecified atom stereocenters. The molecule has 1 heterocycles. The van der Waals surface area contributed by atoms with E-state index in [1.165, 1.54) is 11.8 Å². The van der Waals surface area contributed by atoms with E-state index < -0.39 is 0 Å². The molecule has 0 bridgehead atoms. The predicted octanol–water partition coefficient (Wildman–Crippen LogP) is 2.47. The van der Waals surface area contributed by atoms with Gasteiger partial charge >= 0.3 is 0 Å². The van der Waals surface area contributed by atoms with E-state index in [9.17, 15) is 4.79 Å². The molecule has 0 aliphatic carbocycles. The molecule has 1 amide bonds. The number of hydrogen-bond acceptors (Lipinski definition) is 5. The van der Waals surface area contributed by atoms with Crippen LogP contribution in [0.15, 0.2) is 29.4 Å². The van der Waals surface area contributed by atoms with Crippen molar-refractivity contribution in [3.8, 4) is 11.4 Å². The van der Waals surface area contributed by atoms with Crippen LogP contribution in [-0.4, -0.2) is 47.2 Å². The van der Waals surface area contributed by atoms with Crippen molar-refractivity contribution in [1.29, 1.82) is 0 Å². The highest BCUT2D eigenvalue weighted by Crippen LogP contribution is 2.29. The number of carbonyl (C=O) groups is 1. The highest BCUT2D eigenvalue weighted by molar-refractivity contribution is 7.99. The summed E-state index contributed by atoms with van der Waals surface area (Å²) in [7, 11) is 3.28. The highest BCUT2D eigenvalue weighted by atomic mass is 35.5. The monoisotopic (exact) mass is 354 g/mol. The van der Waals surface area contributed by atoms with E-state index in [0.29, 0.717) is 34.9 Å². The van der Waals surface area contributed by atoms with E-state index in [-0.39, 0.29) is 5.91 Å². The van der Waals surface area contributed by atoms with Crippen LogP contribution in [0, 0.1) is 0 Å². The molecule has 2 aromatic rings. The predicted molar refractivity (Wildman–Crippen MR) is 91.8 cm³/mol. The number of carbonyl (C=O) groups excluding carboxylic acids is 1. The summed E-state index contributed by atoms with van der Waals surface area (Å²) < 4.78 is 7.09. The first kappa shape index (κ1) is 17.8. The van der Waals surface area contributed by atoms with Crippen LogP contribution in [0.2, 0.25) is 5.02 Å². The van der Waals surface area contributed by atoms with Gasteiger partial charge in [-0.3, -0.25) is 4.79 Å². The molecule has 0 fully saturated rings. The Morgan fingerprint density at radius 3 is 2.87 bits per heavy atom. The Morgan fingerprint density at radius 2 is 2.17 bits per heavy atom. The third kappa shape index (κ3) is 4.70. The number of hydrogen-bond donors (Lipinski definition) is 1. The van der Waals surface area contributed by atoms with E-state index >= 15 is 0 Å². The van der Waals surface area contributed by atoms with Gasteiger partial charge in [0, 0.05) is 32.9 Å². The molecule has 2 rings (SSSR count). The zero-order chi connectivity index (χ0) is 16.7. The van der Waals surface area contributed by atoms with Crippen LogP contribution >= 0.6 is 23.4 Å². The summed E-state index contributed by atoms with van der Waals surface area (Å²) in [5.41, 5.74) is 0.825. The van der Waals surface area contributed by atoms with E-state index in [4.69, 9.17) is 16.3 Å². The van der Waals surface area contributed by atoms with Crippen molar-refractivity contribution in [2.24, 2.45) is 0 Å². The molecule has 0 saturated carbocycles. The first-order chi connectivity index (χ1) is 11.2. The number of thioether (sulfide) groups is 1. The Labute approximate surface area is 144 Å². The van der Waals surface area contributed by atoms with Gasteiger partial charge in [0.15, 0.2) is 11.0 Å². The standard InChI is InChI=1S/C15H19ClN4O2S/c1-17-13(21)10-23-15-19-18-14(20(15)8-5-9-22-2)11-6-3-4-7-12(11)16/h3-4,6-7H,5,8-10H2,1-2H3,(H,17,21). The number of aromatic nitrogens is 3. The largest absolute Gasteiger partial charge is 0.385 e. The van der Waals surface area contributed by atoms with Gasteiger partial charge < -0.3 is 14.6 Å². The molecule has 1 N–H and O–H groups in total. The lowest BCUT2D eigenvalue weighted by Gasteiger charge is -2.10. The second-order valence-corrected chi connectivity index (χ2v) is 6.10. The van der Waals surface area contributed by atoms with Crippen LogP contribution in [0.4, 0.5) is 0 Å². The maximum absolute atomic E-state index is 11.5. The van der Waals surface area contributed by atoms with Crippen LogP contribution in [0.3, 0.4) is 0 Å². The fourth-order valence-electron chi connectivity index (χ4n) is 2.01. The molecule has 0 aliphatic heterocycles. The van der Waals surface area contributed by atoms with Gasteiger partial charge in [-0.2, -0.15) is 0 Å². The number of halogens is 1. The minimum atomic E-state index is -0.0549. The molecule has 0 spiro atoms. The molecular formula is C15H19ClN4O2S. The van der Waals surface area contributed by atoms with Crippen LogP contribution < -0.4 is 5.32 Å². The summed E-state index contributed by atoms with van der Waals surface area (Å²) in [6.45, 7) is 1.33. The summed E-state index contributed by atoms with van der Waals surface area (Å²) in [4.78, 5) is 11.5. The molecule has 0 aliphatic rings. The van der Waals surface area contributed by atoms with Gasteiger partial charge in [0.2, 0.25) is 5.91 Å². The van der Waals surface area contributed by atoms with Crippen LogP contribution in [-0.2, 0) is 16.1 Å². The highest BCUT2D eigenvalue weighted by Gasteiger charge is 2.17. The van der Waals surface area contributed by atoms with Gasteiger partial charge in [-0.1, -0.05) is 35.5 Å². The van der Waals surface area contributed by atoms with Crippen molar-refractivity contribution in [1.82, 2.24) is 20.1 Å². The first-order valence-corrected chi connectivity index (χ1v) is 8.54. The van der Waals surface area contributed by atoms with Gasteiger partial charge in [0.1, 0.15) is 0 Å². The summed E-state index contributed by atoms with van der Waals surface area (Å²) >= 11 is 7.63. The zero-order valence-electron chi connectivity index (χ0n) is 13.1. The maximum Gasteiger partial charge on any atom is 0.230 e. The third-order valence-electron chi connectivity index (χ3n) is 3.17. The fourth-order valence-corrected chi connectivity index (χ4v) is 3.07. The Morgan fingerprint density at radius 1 is 1.39 bits per heavy atom. The van der Waals surface area contributed by atoms with Gasteiger partial charge in [0.05, 0.1) is 10.8 Å². The maximum atomic E-state index is 11.5. The molecule has 6 nitrogen and oxygen atoms in total. The number of benzene rings is 1. The van der Waals surface area contributed by atoms with E-state index in [0.717, 1.165) is 12.0 Å². The van der Waals surface area contributed by atoms with Crippen molar-refractivity contribution in [2.45, 2.75) is 18.1 Å². The molecule has 23 heavy (non-hydrogen) atoms. The average molecular weight is 355 g/mol. The average Bonchev–Trinajstić information content (AvgIpc) is 2.96. The van der Waals surface area contributed by atoms with Crippen LogP contribution in [0.25, 0.3) is 11.4 Å². The minimum Gasteiger partial charge on any atom is -0.385 e. The van der Waals surface area contributed by atoms with Gasteiger partial charge in [-0.05, 0) is 18.6 Å². The quantitative estimate of drug-likeness (QED) is 0.582. The molecule has 0 saturated heterocycles. The Kier molecular flexibility index (Phi) is 6.88. The summed E-state index contributed by atoms with van der Waals surface area (Å²) in [5, 5.41) is 12.4. The topological polar surface area (TPSA) is 69.0 Å². The van der Waals surface area contributed by atoms with Gasteiger partial charge in [-0.15, -0.1) is 10.2 Å². The summed E-state index contributed by atoms with van der Waals surface area (Å²) in [6, 6.07) is 7.51. The fraction of sp³-hybridized carbons (Fsp3) is 0.400. The van der Waals surface area contributed by atoms with Crippen molar-refractivity contribution < 1.29 is 9.53 Å². The number of rotatable bonds is 8. The molecular weight excluding hydrogens is 336 g/mol. The molecule has 1 aromatic carbocycles.